The summed E-state index contributed by atoms with van der Waals surface area (Å²) >= 11 is 0. The summed E-state index contributed by atoms with van der Waals surface area (Å²) < 4.78 is 11.1. The molecular formula is C55H74N4O6. The number of carbonyl (C=O) groups is 4. The van der Waals surface area contributed by atoms with Crippen molar-refractivity contribution in [2.75, 3.05) is 13.7 Å². The van der Waals surface area contributed by atoms with Crippen molar-refractivity contribution in [3.8, 4) is 0 Å². The third kappa shape index (κ3) is 11.0. The fraction of sp³-hybridized carbons (Fsp3) is 0.564. The van der Waals surface area contributed by atoms with Gasteiger partial charge in [-0.1, -0.05) is 98.1 Å². The molecule has 6 unspecified atom stereocenters. The van der Waals surface area contributed by atoms with Gasteiger partial charge in [0.05, 0.1) is 35.2 Å². The Hall–Kier alpha value is -5.12. The molecule has 0 radical (unpaired) electrons. The summed E-state index contributed by atoms with van der Waals surface area (Å²) in [5, 5.41) is 0. The Bertz CT molecular complexity index is 2520. The van der Waals surface area contributed by atoms with Crippen LogP contribution in [0.5, 0.6) is 0 Å². The Morgan fingerprint density at radius 1 is 0.815 bits per heavy atom. The normalized spacial score (nSPS) is 19.9. The van der Waals surface area contributed by atoms with Crippen molar-refractivity contribution in [2.45, 2.75) is 170 Å². The van der Waals surface area contributed by atoms with Crippen LogP contribution in [0.4, 0.5) is 0 Å². The number of esters is 2. The van der Waals surface area contributed by atoms with Crippen LogP contribution in [-0.2, 0) is 19.1 Å². The van der Waals surface area contributed by atoms with Crippen LogP contribution in [-0.4, -0.2) is 57.2 Å². The summed E-state index contributed by atoms with van der Waals surface area (Å²) in [7, 11) is 1.29. The van der Waals surface area contributed by atoms with Gasteiger partial charge in [0.1, 0.15) is 12.5 Å². The maximum absolute atomic E-state index is 14.4. The van der Waals surface area contributed by atoms with E-state index in [9.17, 15) is 19.2 Å². The smallest absolute Gasteiger partial charge is 0.321 e. The first-order chi connectivity index (χ1) is 30.9. The average molecular weight is 887 g/mol. The number of Topliss-reactive ketones (excluding diaryl/α,β-unsaturated/α-hetero) is 2. The van der Waals surface area contributed by atoms with E-state index in [2.05, 4.69) is 58.4 Å². The van der Waals surface area contributed by atoms with Gasteiger partial charge in [-0.25, -0.2) is 0 Å². The minimum absolute atomic E-state index is 0.0485. The molecule has 3 aromatic heterocycles. The third-order valence-electron chi connectivity index (χ3n) is 14.5. The number of hydrogen-bond acceptors (Lipinski definition) is 8. The zero-order valence-corrected chi connectivity index (χ0v) is 41.3. The number of carbonyl (C=O) groups excluding carboxylic acids is 4. The highest BCUT2D eigenvalue weighted by Crippen LogP contribution is 2.48. The minimum Gasteiger partial charge on any atom is -0.468 e. The number of aryl methyl sites for hydroxylation is 2. The Morgan fingerprint density at radius 3 is 2.11 bits per heavy atom. The van der Waals surface area contributed by atoms with E-state index in [0.29, 0.717) is 62.5 Å². The fourth-order valence-corrected chi connectivity index (χ4v) is 10.4. The van der Waals surface area contributed by atoms with Crippen molar-refractivity contribution < 1.29 is 28.7 Å². The number of aromatic amines is 2. The number of allylic oxidation sites excluding steroid dienone is 3. The van der Waals surface area contributed by atoms with Crippen molar-refractivity contribution in [3.05, 3.63) is 86.5 Å². The first kappa shape index (κ1) is 49.3. The molecule has 0 aromatic carbocycles. The number of H-pyrrole nitrogens is 2. The van der Waals surface area contributed by atoms with Gasteiger partial charge in [0.25, 0.3) is 0 Å². The Balaban J connectivity index is 1.25. The molecule has 3 aliphatic rings. The second-order valence-electron chi connectivity index (χ2n) is 19.9. The van der Waals surface area contributed by atoms with E-state index < -0.39 is 11.9 Å². The molecule has 0 saturated heterocycles. The number of nitrogens with zero attached hydrogens (tertiary/aromatic N) is 2. The molecule has 0 saturated carbocycles. The van der Waals surface area contributed by atoms with Crippen molar-refractivity contribution >= 4 is 51.1 Å². The van der Waals surface area contributed by atoms with Crippen LogP contribution in [0.3, 0.4) is 0 Å². The minimum atomic E-state index is -1.22. The van der Waals surface area contributed by atoms with E-state index in [-0.39, 0.29) is 48.3 Å². The van der Waals surface area contributed by atoms with E-state index in [4.69, 9.17) is 19.4 Å². The molecule has 65 heavy (non-hydrogen) atoms. The lowest BCUT2D eigenvalue weighted by molar-refractivity contribution is -0.143. The molecule has 0 spiro atoms. The van der Waals surface area contributed by atoms with Crippen LogP contribution >= 0.6 is 0 Å². The lowest BCUT2D eigenvalue weighted by atomic mass is 9.84. The largest absolute Gasteiger partial charge is 0.468 e. The molecule has 2 N–H and O–H groups in total. The lowest BCUT2D eigenvalue weighted by Crippen LogP contribution is -2.21. The van der Waals surface area contributed by atoms with Crippen LogP contribution < -0.4 is 0 Å². The summed E-state index contributed by atoms with van der Waals surface area (Å²) in [6.45, 7) is 23.2. The van der Waals surface area contributed by atoms with Crippen LogP contribution in [0.1, 0.15) is 217 Å². The zero-order valence-electron chi connectivity index (χ0n) is 41.3. The van der Waals surface area contributed by atoms with E-state index in [1.165, 1.54) is 57.6 Å². The number of hydrogen-bond donors (Lipinski definition) is 2. The molecule has 10 nitrogen and oxygen atoms in total. The molecule has 5 heterocycles. The fourth-order valence-electron chi connectivity index (χ4n) is 10.4. The van der Waals surface area contributed by atoms with Crippen LogP contribution in [0, 0.1) is 31.6 Å². The SMILES string of the molecule is CC=C1c2cc3[nH]c4c(c3C)C(=O)C(C(=O)OC)c4c3nc(cc4[nH]c(cc(n2)C1C)c(C(C)=O)c4C)C(C)C3CCC(=O)OC/C=C(\C)CCCC(C)CCCC(C)CCCC(C)C. The summed E-state index contributed by atoms with van der Waals surface area (Å²) in [4.78, 5) is 72.0. The second-order valence-corrected chi connectivity index (χ2v) is 19.9. The maximum atomic E-state index is 14.4. The van der Waals surface area contributed by atoms with Crippen molar-refractivity contribution in [3.63, 3.8) is 0 Å². The number of methoxy groups -OCH3 is 1. The van der Waals surface area contributed by atoms with Crippen LogP contribution in [0.25, 0.3) is 27.6 Å². The topological polar surface area (TPSA) is 144 Å². The van der Waals surface area contributed by atoms with Crippen molar-refractivity contribution in [1.29, 1.82) is 0 Å². The van der Waals surface area contributed by atoms with Gasteiger partial charge in [-0.3, -0.25) is 29.1 Å². The summed E-state index contributed by atoms with van der Waals surface area (Å²) in [6.07, 6.45) is 15.8. The Labute approximate surface area is 386 Å². The summed E-state index contributed by atoms with van der Waals surface area (Å²) in [5.74, 6) is -0.905. The number of ether oxygens (including phenoxy) is 2. The summed E-state index contributed by atoms with van der Waals surface area (Å²) in [6, 6.07) is 5.87. The number of fused-ring (bicyclic) bond motifs is 8. The lowest BCUT2D eigenvalue weighted by Gasteiger charge is -2.18. The number of ketones is 2. The monoisotopic (exact) mass is 887 g/mol. The molecule has 8 bridgehead atoms. The molecule has 6 atom stereocenters. The first-order valence-corrected chi connectivity index (χ1v) is 24.3. The van der Waals surface area contributed by atoms with Gasteiger partial charge >= 0.3 is 11.9 Å². The van der Waals surface area contributed by atoms with Gasteiger partial charge < -0.3 is 19.4 Å². The van der Waals surface area contributed by atoms with E-state index in [1.54, 1.807) is 6.92 Å². The molecule has 3 aromatic rings. The van der Waals surface area contributed by atoms with Crippen molar-refractivity contribution in [1.82, 2.24) is 19.9 Å². The molecular weight excluding hydrogens is 813 g/mol. The highest BCUT2D eigenvalue weighted by molar-refractivity contribution is 6.23. The van der Waals surface area contributed by atoms with Gasteiger partial charge in [0, 0.05) is 57.6 Å². The molecule has 2 aliphatic heterocycles. The highest BCUT2D eigenvalue weighted by Gasteiger charge is 2.45. The highest BCUT2D eigenvalue weighted by atomic mass is 16.5. The molecule has 350 valence electrons. The third-order valence-corrected chi connectivity index (χ3v) is 14.5. The van der Waals surface area contributed by atoms with Gasteiger partial charge in [-0.2, -0.15) is 0 Å². The van der Waals surface area contributed by atoms with E-state index >= 15 is 0 Å². The average Bonchev–Trinajstić information content (AvgIpc) is 4.00. The van der Waals surface area contributed by atoms with E-state index in [1.807, 2.05) is 51.1 Å². The quantitative estimate of drug-likeness (QED) is 0.0524. The Morgan fingerprint density at radius 2 is 1.46 bits per heavy atom. The number of nitrogens with one attached hydrogen (secondary N) is 2. The maximum Gasteiger partial charge on any atom is 0.321 e. The molecule has 1 aliphatic carbocycles. The van der Waals surface area contributed by atoms with Crippen molar-refractivity contribution in [2.24, 2.45) is 17.8 Å². The predicted molar refractivity (Wildman–Crippen MR) is 261 cm³/mol. The first-order valence-electron chi connectivity index (χ1n) is 24.3. The predicted octanol–water partition coefficient (Wildman–Crippen LogP) is 13.4. The van der Waals surface area contributed by atoms with Crippen LogP contribution in [0.15, 0.2) is 35.9 Å². The summed E-state index contributed by atoms with van der Waals surface area (Å²) in [5.41, 5.74) is 10.7. The standard InChI is InChI=1S/C55H74N4O6/c1-13-39-34(7)41-29-46-48(38(11)60)36(9)43(57-46)27-42-35(8)40(52(58-42)50-51(55(63)64-12)54(62)49-37(10)44(59-53(49)50)28-45(39)56-41)23-24-47(61)65-26-25-33(6)22-16-21-32(5)20-15-19-31(4)18-14-17-30(2)3/h13,25,27-32,34-35,40,51,57,59H,14-24,26H2,1-12H3/b33-25+,39-13?,41-29?,42-27?,43-27?,44-28?,45-28?,46-29?,52-50?. The van der Waals surface area contributed by atoms with Gasteiger partial charge in [0.15, 0.2) is 11.6 Å². The Kier molecular flexibility index (Phi) is 16.3. The van der Waals surface area contributed by atoms with Gasteiger partial charge in [-0.05, 0) is 113 Å². The molecule has 6 rings (SSSR count). The molecule has 0 amide bonds. The van der Waals surface area contributed by atoms with E-state index in [0.717, 1.165) is 52.7 Å². The number of rotatable bonds is 19. The molecule has 10 heteroatoms. The zero-order chi connectivity index (χ0) is 47.3. The second kappa shape index (κ2) is 21.5. The van der Waals surface area contributed by atoms with Gasteiger partial charge in [-0.15, -0.1) is 0 Å². The van der Waals surface area contributed by atoms with Gasteiger partial charge in [0.2, 0.25) is 0 Å². The van der Waals surface area contributed by atoms with Crippen LogP contribution in [0.2, 0.25) is 0 Å². The molecule has 0 fully saturated rings. The number of aromatic nitrogens is 4.